The summed E-state index contributed by atoms with van der Waals surface area (Å²) in [6.45, 7) is 0.475. The molecule has 2 aromatic rings. The zero-order chi connectivity index (χ0) is 15.2. The molecule has 1 aromatic carbocycles. The second kappa shape index (κ2) is 6.99. The molecule has 110 valence electrons. The maximum absolute atomic E-state index is 12.5. The molecule has 0 spiro atoms. The van der Waals surface area contributed by atoms with Gasteiger partial charge in [0.1, 0.15) is 0 Å². The highest BCUT2D eigenvalue weighted by molar-refractivity contribution is 7.80. The Morgan fingerprint density at radius 3 is 2.67 bits per heavy atom. The van der Waals surface area contributed by atoms with Crippen LogP contribution in [0.25, 0.3) is 0 Å². The van der Waals surface area contributed by atoms with Gasteiger partial charge in [0.15, 0.2) is 0 Å². The Balaban J connectivity index is 2.06. The topological polar surface area (TPSA) is 75.0 Å². The zero-order valence-corrected chi connectivity index (χ0v) is 12.6. The molecule has 0 saturated heterocycles. The molecule has 0 bridgehead atoms. The number of carbonyl (C=O) groups excluding carboxylic acids is 1. The molecule has 1 aromatic heterocycles. The monoisotopic (exact) mass is 302 g/mol. The first-order valence-electron chi connectivity index (χ1n) is 6.64. The van der Waals surface area contributed by atoms with Crippen LogP contribution in [0.4, 0.5) is 0 Å². The van der Waals surface area contributed by atoms with Gasteiger partial charge >= 0.3 is 0 Å². The minimum atomic E-state index is -0.487. The number of aromatic nitrogens is 2. The van der Waals surface area contributed by atoms with Gasteiger partial charge in [0, 0.05) is 25.4 Å². The zero-order valence-electron chi connectivity index (χ0n) is 11.8. The highest BCUT2D eigenvalue weighted by Crippen LogP contribution is 2.13. The molecule has 6 heteroatoms. The van der Waals surface area contributed by atoms with Crippen molar-refractivity contribution >= 4 is 23.1 Å². The molecule has 0 aliphatic rings. The maximum atomic E-state index is 12.5. The lowest BCUT2D eigenvalue weighted by Gasteiger charge is -2.22. The minimum Gasteiger partial charge on any atom is -0.393 e. The molecule has 0 radical (unpaired) electrons. The summed E-state index contributed by atoms with van der Waals surface area (Å²) in [7, 11) is 1.74. The summed E-state index contributed by atoms with van der Waals surface area (Å²) in [6.07, 6.45) is 3.97. The molecule has 21 heavy (non-hydrogen) atoms. The van der Waals surface area contributed by atoms with E-state index in [1.807, 2.05) is 30.3 Å². The van der Waals surface area contributed by atoms with Crippen LogP contribution < -0.4 is 5.73 Å². The number of nitrogens with one attached hydrogen (secondary N) is 1. The van der Waals surface area contributed by atoms with E-state index in [9.17, 15) is 4.79 Å². The van der Waals surface area contributed by atoms with Crippen LogP contribution in [0.1, 0.15) is 11.1 Å². The van der Waals surface area contributed by atoms with Crippen molar-refractivity contribution in [3.05, 3.63) is 53.9 Å². The van der Waals surface area contributed by atoms with E-state index < -0.39 is 5.92 Å². The number of amides is 1. The lowest BCUT2D eigenvalue weighted by Crippen LogP contribution is -2.40. The molecular weight excluding hydrogens is 284 g/mol. The van der Waals surface area contributed by atoms with Gasteiger partial charge < -0.3 is 10.6 Å². The summed E-state index contributed by atoms with van der Waals surface area (Å²) < 4.78 is 0. The van der Waals surface area contributed by atoms with E-state index in [-0.39, 0.29) is 10.9 Å². The second-order valence-electron chi connectivity index (χ2n) is 4.95. The summed E-state index contributed by atoms with van der Waals surface area (Å²) in [5, 5.41) is 6.60. The van der Waals surface area contributed by atoms with E-state index in [0.717, 1.165) is 11.1 Å². The molecule has 2 rings (SSSR count). The number of carbonyl (C=O) groups is 1. The Labute approximate surface area is 129 Å². The van der Waals surface area contributed by atoms with Crippen LogP contribution in [0.5, 0.6) is 0 Å². The van der Waals surface area contributed by atoms with Gasteiger partial charge in [0.05, 0.1) is 17.1 Å². The molecule has 5 nitrogen and oxygen atoms in total. The largest absolute Gasteiger partial charge is 0.393 e. The molecule has 3 N–H and O–H groups in total. The third-order valence-corrected chi connectivity index (χ3v) is 3.56. The number of nitrogens with zero attached hydrogens (tertiary/aromatic N) is 2. The van der Waals surface area contributed by atoms with Gasteiger partial charge in [-0.1, -0.05) is 42.5 Å². The lowest BCUT2D eigenvalue weighted by molar-refractivity contribution is -0.132. The van der Waals surface area contributed by atoms with Gasteiger partial charge in [-0.05, 0) is 12.0 Å². The molecule has 1 amide bonds. The number of nitrogens with two attached hydrogens (primary N) is 1. The quantitative estimate of drug-likeness (QED) is 0.793. The lowest BCUT2D eigenvalue weighted by atomic mass is 9.98. The van der Waals surface area contributed by atoms with E-state index in [0.29, 0.717) is 13.0 Å². The third kappa shape index (κ3) is 4.13. The molecule has 0 aliphatic carbocycles. The van der Waals surface area contributed by atoms with Gasteiger partial charge in [-0.3, -0.25) is 9.89 Å². The fourth-order valence-corrected chi connectivity index (χ4v) is 2.33. The van der Waals surface area contributed by atoms with Gasteiger partial charge in [-0.25, -0.2) is 0 Å². The number of thiocarbonyl (C=S) groups is 1. The number of hydrogen-bond donors (Lipinski definition) is 2. The number of aromatic amines is 1. The molecule has 0 fully saturated rings. The molecule has 0 saturated carbocycles. The number of benzene rings is 1. The van der Waals surface area contributed by atoms with E-state index in [2.05, 4.69) is 10.2 Å². The van der Waals surface area contributed by atoms with Crippen LogP contribution in [-0.4, -0.2) is 33.0 Å². The number of hydrogen-bond acceptors (Lipinski definition) is 3. The van der Waals surface area contributed by atoms with E-state index in [4.69, 9.17) is 18.0 Å². The Bertz CT molecular complexity index is 597. The smallest absolute Gasteiger partial charge is 0.232 e. The van der Waals surface area contributed by atoms with Crippen molar-refractivity contribution < 1.29 is 4.79 Å². The fraction of sp³-hybridized carbons (Fsp3) is 0.267. The molecular formula is C15H18N4OS. The van der Waals surface area contributed by atoms with Crippen molar-refractivity contribution in [1.82, 2.24) is 15.1 Å². The average Bonchev–Trinajstić information content (AvgIpc) is 2.97. The fourth-order valence-electron chi connectivity index (χ4n) is 2.14. The van der Waals surface area contributed by atoms with Gasteiger partial charge in [-0.15, -0.1) is 0 Å². The number of rotatable bonds is 6. The first-order chi connectivity index (χ1) is 10.1. The van der Waals surface area contributed by atoms with Crippen molar-refractivity contribution in [2.24, 2.45) is 11.7 Å². The SMILES string of the molecule is CN(Cc1cn[nH]c1)C(=O)C(Cc1ccccc1)C(N)=S. The first kappa shape index (κ1) is 15.2. The van der Waals surface area contributed by atoms with Crippen LogP contribution >= 0.6 is 12.2 Å². The normalized spacial score (nSPS) is 11.9. The van der Waals surface area contributed by atoms with E-state index >= 15 is 0 Å². The predicted molar refractivity (Wildman–Crippen MR) is 85.5 cm³/mol. The van der Waals surface area contributed by atoms with Gasteiger partial charge in [0.25, 0.3) is 0 Å². The van der Waals surface area contributed by atoms with Crippen molar-refractivity contribution in [3.63, 3.8) is 0 Å². The molecule has 1 unspecified atom stereocenters. The summed E-state index contributed by atoms with van der Waals surface area (Å²) >= 11 is 5.07. The summed E-state index contributed by atoms with van der Waals surface area (Å²) in [5.41, 5.74) is 7.74. The highest BCUT2D eigenvalue weighted by atomic mass is 32.1. The van der Waals surface area contributed by atoms with Gasteiger partial charge in [-0.2, -0.15) is 5.10 Å². The minimum absolute atomic E-state index is 0.0763. The molecule has 0 aliphatic heterocycles. The predicted octanol–water partition coefficient (Wildman–Crippen LogP) is 1.51. The Morgan fingerprint density at radius 2 is 2.10 bits per heavy atom. The summed E-state index contributed by atoms with van der Waals surface area (Å²) in [4.78, 5) is 14.4. The Kier molecular flexibility index (Phi) is 5.05. The molecule has 1 atom stereocenters. The Morgan fingerprint density at radius 1 is 1.38 bits per heavy atom. The second-order valence-corrected chi connectivity index (χ2v) is 5.42. The Hall–Kier alpha value is -2.21. The van der Waals surface area contributed by atoms with Crippen LogP contribution in [0.15, 0.2) is 42.7 Å². The van der Waals surface area contributed by atoms with E-state index in [1.54, 1.807) is 24.3 Å². The van der Waals surface area contributed by atoms with Crippen LogP contribution in [0, 0.1) is 5.92 Å². The van der Waals surface area contributed by atoms with Crippen LogP contribution in [0.2, 0.25) is 0 Å². The number of H-pyrrole nitrogens is 1. The first-order valence-corrected chi connectivity index (χ1v) is 7.04. The van der Waals surface area contributed by atoms with Crippen molar-refractivity contribution in [1.29, 1.82) is 0 Å². The van der Waals surface area contributed by atoms with Crippen molar-refractivity contribution in [2.45, 2.75) is 13.0 Å². The van der Waals surface area contributed by atoms with E-state index in [1.165, 1.54) is 0 Å². The third-order valence-electron chi connectivity index (χ3n) is 3.28. The van der Waals surface area contributed by atoms with Crippen molar-refractivity contribution in [2.75, 3.05) is 7.05 Å². The standard InChI is InChI=1S/C15H18N4OS/c1-19(10-12-8-17-18-9-12)15(20)13(14(16)21)7-11-5-3-2-4-6-11/h2-6,8-9,13H,7,10H2,1H3,(H2,16,21)(H,17,18). The van der Waals surface area contributed by atoms with Crippen molar-refractivity contribution in [3.8, 4) is 0 Å². The maximum Gasteiger partial charge on any atom is 0.232 e. The molecule has 1 heterocycles. The summed E-state index contributed by atoms with van der Waals surface area (Å²) in [5.74, 6) is -0.563. The van der Waals surface area contributed by atoms with Gasteiger partial charge in [0.2, 0.25) is 5.91 Å². The van der Waals surface area contributed by atoms with Crippen LogP contribution in [0.3, 0.4) is 0 Å². The highest BCUT2D eigenvalue weighted by Gasteiger charge is 2.25. The summed E-state index contributed by atoms with van der Waals surface area (Å²) in [6, 6.07) is 9.74. The average molecular weight is 302 g/mol. The van der Waals surface area contributed by atoms with Crippen LogP contribution in [-0.2, 0) is 17.8 Å².